The van der Waals surface area contributed by atoms with E-state index in [9.17, 15) is 4.79 Å². The van der Waals surface area contributed by atoms with Crippen LogP contribution in [-0.4, -0.2) is 44.1 Å². The monoisotopic (exact) mass is 576 g/mol. The fraction of sp³-hybridized carbons (Fsp3) is 0.750. The molecule has 1 amide bonds. The number of benzene rings is 1. The molecule has 40 heavy (non-hydrogen) atoms. The summed E-state index contributed by atoms with van der Waals surface area (Å²) < 4.78 is 1.05. The molecule has 3 nitrogen and oxygen atoms in total. The second-order valence-corrected chi connectivity index (χ2v) is 12.5. The summed E-state index contributed by atoms with van der Waals surface area (Å²) >= 11 is 0. The van der Waals surface area contributed by atoms with E-state index >= 15 is 0 Å². The van der Waals surface area contributed by atoms with Gasteiger partial charge in [-0.05, 0) is 24.5 Å². The smallest absolute Gasteiger partial charge is 0.244 e. The Balaban J connectivity index is 0.0000152. The van der Waals surface area contributed by atoms with E-state index in [1.54, 1.807) is 6.08 Å². The van der Waals surface area contributed by atoms with Crippen LogP contribution in [0, 0.1) is 0 Å². The van der Waals surface area contributed by atoms with Gasteiger partial charge in [-0.25, -0.2) is 0 Å². The summed E-state index contributed by atoms with van der Waals surface area (Å²) in [6, 6.07) is 9.97. The fourth-order valence-electron chi connectivity index (χ4n) is 5.42. The highest BCUT2D eigenvalue weighted by Gasteiger charge is 2.13. The van der Waals surface area contributed by atoms with Crippen molar-refractivity contribution in [3.8, 4) is 0 Å². The number of hydrogen-bond acceptors (Lipinski definition) is 1. The van der Waals surface area contributed by atoms with Crippen LogP contribution in [0.2, 0.25) is 0 Å². The van der Waals surface area contributed by atoms with E-state index in [4.69, 9.17) is 0 Å². The van der Waals surface area contributed by atoms with Crippen LogP contribution in [-0.2, 0) is 4.79 Å². The van der Waals surface area contributed by atoms with Gasteiger partial charge >= 0.3 is 0 Å². The minimum Gasteiger partial charge on any atom is -1.00 e. The quantitative estimate of drug-likeness (QED) is 0.0675. The van der Waals surface area contributed by atoms with Gasteiger partial charge < -0.3 is 22.2 Å². The Kier molecular flexibility index (Phi) is 26.9. The van der Waals surface area contributed by atoms with Crippen molar-refractivity contribution in [2.75, 3.05) is 33.7 Å². The molecule has 0 saturated heterocycles. The number of nitrogens with zero attached hydrogens (tertiary/aromatic N) is 1. The Morgan fingerprint density at radius 3 is 1.48 bits per heavy atom. The van der Waals surface area contributed by atoms with Crippen molar-refractivity contribution in [1.29, 1.82) is 0 Å². The number of hydrogen-bond donors (Lipinski definition) is 1. The standard InChI is InChI=1S/C36H64N2O.ClH/c1-4-5-6-7-8-9-10-11-12-13-14-15-16-17-18-19-20-21-22-26-33-38(2,3)34-27-32-37-36(39)31-30-35-28-24-23-25-29-35;/h23-25,28-31H,4-22,26-27,32-34H2,1-3H3;1H. The van der Waals surface area contributed by atoms with Gasteiger partial charge in [0.2, 0.25) is 5.91 Å². The zero-order chi connectivity index (χ0) is 28.3. The van der Waals surface area contributed by atoms with Crippen molar-refractivity contribution in [3.63, 3.8) is 0 Å². The molecule has 0 atom stereocenters. The third kappa shape index (κ3) is 25.6. The van der Waals surface area contributed by atoms with E-state index in [-0.39, 0.29) is 18.3 Å². The molecule has 1 N–H and O–H groups in total. The van der Waals surface area contributed by atoms with Crippen molar-refractivity contribution < 1.29 is 21.7 Å². The average molecular weight is 577 g/mol. The highest BCUT2D eigenvalue weighted by Crippen LogP contribution is 2.15. The molecule has 0 bridgehead atoms. The van der Waals surface area contributed by atoms with Gasteiger partial charge in [-0.15, -0.1) is 0 Å². The predicted molar refractivity (Wildman–Crippen MR) is 173 cm³/mol. The minimum atomic E-state index is -0.00163. The zero-order valence-electron chi connectivity index (χ0n) is 26.7. The Morgan fingerprint density at radius 2 is 1.02 bits per heavy atom. The predicted octanol–water partition coefficient (Wildman–Crippen LogP) is 7.11. The molecule has 0 heterocycles. The third-order valence-electron chi connectivity index (χ3n) is 8.08. The number of carbonyl (C=O) groups is 1. The molecule has 0 spiro atoms. The zero-order valence-corrected chi connectivity index (χ0v) is 27.5. The number of rotatable bonds is 27. The van der Waals surface area contributed by atoms with E-state index in [2.05, 4.69) is 26.3 Å². The van der Waals surface area contributed by atoms with Crippen molar-refractivity contribution in [2.24, 2.45) is 0 Å². The molecule has 0 aliphatic rings. The van der Waals surface area contributed by atoms with Crippen LogP contribution < -0.4 is 17.7 Å². The molecule has 0 aromatic heterocycles. The summed E-state index contributed by atoms with van der Waals surface area (Å²) in [5.74, 6) is -0.00163. The second-order valence-electron chi connectivity index (χ2n) is 12.5. The molecule has 232 valence electrons. The lowest BCUT2D eigenvalue weighted by Gasteiger charge is -2.30. The first-order valence-electron chi connectivity index (χ1n) is 16.9. The summed E-state index contributed by atoms with van der Waals surface area (Å²) in [5, 5.41) is 3.02. The first-order chi connectivity index (χ1) is 19.0. The normalized spacial score (nSPS) is 11.6. The fourth-order valence-corrected chi connectivity index (χ4v) is 5.42. The molecule has 1 aromatic rings. The topological polar surface area (TPSA) is 29.1 Å². The number of nitrogens with one attached hydrogen (secondary N) is 1. The van der Waals surface area contributed by atoms with Gasteiger partial charge in [0.15, 0.2) is 0 Å². The molecule has 0 saturated carbocycles. The summed E-state index contributed by atoms with van der Waals surface area (Å²) in [5.41, 5.74) is 1.06. The first kappa shape index (κ1) is 38.7. The summed E-state index contributed by atoms with van der Waals surface area (Å²) in [7, 11) is 4.65. The Morgan fingerprint density at radius 1 is 0.625 bits per heavy atom. The van der Waals surface area contributed by atoms with Crippen LogP contribution in [0.3, 0.4) is 0 Å². The maximum atomic E-state index is 12.0. The first-order valence-corrected chi connectivity index (χ1v) is 16.9. The van der Waals surface area contributed by atoms with E-state index in [1.165, 1.54) is 135 Å². The number of amides is 1. The highest BCUT2D eigenvalue weighted by atomic mass is 35.5. The maximum Gasteiger partial charge on any atom is 0.244 e. The maximum absolute atomic E-state index is 12.0. The lowest BCUT2D eigenvalue weighted by molar-refractivity contribution is -0.890. The third-order valence-corrected chi connectivity index (χ3v) is 8.08. The molecule has 0 aliphatic heterocycles. The molecular formula is C36H65ClN2O. The van der Waals surface area contributed by atoms with Crippen molar-refractivity contribution in [3.05, 3.63) is 42.0 Å². The van der Waals surface area contributed by atoms with Crippen LogP contribution in [0.4, 0.5) is 0 Å². The largest absolute Gasteiger partial charge is 1.00 e. The molecular weight excluding hydrogens is 512 g/mol. The summed E-state index contributed by atoms with van der Waals surface area (Å²) in [6.45, 7) is 5.40. The Bertz CT molecular complexity index is 704. The highest BCUT2D eigenvalue weighted by molar-refractivity contribution is 5.91. The van der Waals surface area contributed by atoms with Crippen molar-refractivity contribution in [1.82, 2.24) is 5.32 Å². The van der Waals surface area contributed by atoms with Gasteiger partial charge in [0.25, 0.3) is 0 Å². The van der Waals surface area contributed by atoms with Crippen molar-refractivity contribution in [2.45, 2.75) is 142 Å². The van der Waals surface area contributed by atoms with Gasteiger partial charge in [-0.1, -0.05) is 153 Å². The molecule has 1 rings (SSSR count). The van der Waals surface area contributed by atoms with Crippen LogP contribution in [0.15, 0.2) is 36.4 Å². The Hall–Kier alpha value is -1.32. The van der Waals surface area contributed by atoms with Crippen molar-refractivity contribution >= 4 is 12.0 Å². The van der Waals surface area contributed by atoms with E-state index < -0.39 is 0 Å². The lowest BCUT2D eigenvalue weighted by atomic mass is 10.0. The van der Waals surface area contributed by atoms with E-state index in [0.717, 1.165) is 29.6 Å². The molecule has 0 aliphatic carbocycles. The average Bonchev–Trinajstić information content (AvgIpc) is 2.93. The molecule has 0 unspecified atom stereocenters. The number of unbranched alkanes of at least 4 members (excludes halogenated alkanes) is 19. The number of carbonyl (C=O) groups excluding carboxylic acids is 1. The Labute approximate surface area is 256 Å². The minimum absolute atomic E-state index is 0. The van der Waals surface area contributed by atoms with Crippen LogP contribution in [0.1, 0.15) is 147 Å². The number of quaternary nitrogens is 1. The molecule has 1 aromatic carbocycles. The van der Waals surface area contributed by atoms with Gasteiger partial charge in [-0.3, -0.25) is 4.79 Å². The van der Waals surface area contributed by atoms with E-state index in [1.807, 2.05) is 36.4 Å². The molecule has 4 heteroatoms. The van der Waals surface area contributed by atoms with Crippen LogP contribution >= 0.6 is 0 Å². The summed E-state index contributed by atoms with van der Waals surface area (Å²) in [6.07, 6.45) is 33.2. The molecule has 0 radical (unpaired) electrons. The lowest BCUT2D eigenvalue weighted by Crippen LogP contribution is -3.00. The van der Waals surface area contributed by atoms with Gasteiger partial charge in [0, 0.05) is 19.0 Å². The van der Waals surface area contributed by atoms with Gasteiger partial charge in [-0.2, -0.15) is 0 Å². The van der Waals surface area contributed by atoms with E-state index in [0.29, 0.717) is 0 Å². The van der Waals surface area contributed by atoms with Gasteiger partial charge in [0.05, 0.1) is 27.2 Å². The SMILES string of the molecule is CCCCCCCCCCCCCCCCCCCCCC[N+](C)(C)CCCNC(=O)C=Cc1ccccc1.[Cl-]. The van der Waals surface area contributed by atoms with Crippen LogP contribution in [0.25, 0.3) is 6.08 Å². The number of halogens is 1. The summed E-state index contributed by atoms with van der Waals surface area (Å²) in [4.78, 5) is 12.0. The molecule has 0 fully saturated rings. The second kappa shape index (κ2) is 27.8. The van der Waals surface area contributed by atoms with Gasteiger partial charge in [0.1, 0.15) is 0 Å². The van der Waals surface area contributed by atoms with Crippen LogP contribution in [0.5, 0.6) is 0 Å².